The standard InChI is InChI=1S/C10H11F2N3O2S2/c1-15-7(16)5-6(19-9(13-5)18-3)14-8(15)10(11,12)4-17-2/h4H2,1-3H3. The summed E-state index contributed by atoms with van der Waals surface area (Å²) in [5.74, 6) is -3.93. The first-order valence-corrected chi connectivity index (χ1v) is 7.23. The smallest absolute Gasteiger partial charge is 0.327 e. The van der Waals surface area contributed by atoms with Crippen LogP contribution < -0.4 is 5.56 Å². The lowest BCUT2D eigenvalue weighted by Crippen LogP contribution is -2.32. The van der Waals surface area contributed by atoms with E-state index in [2.05, 4.69) is 14.7 Å². The number of thiazole rings is 1. The number of aromatic nitrogens is 3. The number of hydrogen-bond donors (Lipinski definition) is 0. The molecular weight excluding hydrogens is 296 g/mol. The van der Waals surface area contributed by atoms with Gasteiger partial charge in [-0.2, -0.15) is 8.78 Å². The Morgan fingerprint density at radius 1 is 1.47 bits per heavy atom. The summed E-state index contributed by atoms with van der Waals surface area (Å²) in [4.78, 5) is 20.2. The van der Waals surface area contributed by atoms with Gasteiger partial charge in [0.15, 0.2) is 20.5 Å². The number of alkyl halides is 2. The fourth-order valence-electron chi connectivity index (χ4n) is 1.59. The number of thioether (sulfide) groups is 1. The van der Waals surface area contributed by atoms with E-state index in [1.54, 1.807) is 6.26 Å². The molecule has 0 fully saturated rings. The van der Waals surface area contributed by atoms with Crippen LogP contribution in [0.1, 0.15) is 5.82 Å². The maximum absolute atomic E-state index is 13.8. The molecule has 0 amide bonds. The Bertz CT molecular complexity index is 669. The van der Waals surface area contributed by atoms with Gasteiger partial charge in [-0.05, 0) is 6.26 Å². The van der Waals surface area contributed by atoms with Gasteiger partial charge in [0, 0.05) is 14.2 Å². The van der Waals surface area contributed by atoms with Gasteiger partial charge in [-0.1, -0.05) is 23.1 Å². The summed E-state index contributed by atoms with van der Waals surface area (Å²) in [6.45, 7) is -0.826. The summed E-state index contributed by atoms with van der Waals surface area (Å²) in [5, 5.41) is 0. The van der Waals surface area contributed by atoms with Crippen LogP contribution >= 0.6 is 23.1 Å². The third-order valence-electron chi connectivity index (χ3n) is 2.45. The lowest BCUT2D eigenvalue weighted by atomic mass is 10.3. The van der Waals surface area contributed by atoms with Crippen molar-refractivity contribution in [2.45, 2.75) is 10.3 Å². The molecule has 0 saturated carbocycles. The van der Waals surface area contributed by atoms with E-state index in [0.29, 0.717) is 4.34 Å². The second kappa shape index (κ2) is 5.14. The molecule has 0 saturated heterocycles. The summed E-state index contributed by atoms with van der Waals surface area (Å²) < 4.78 is 33.6. The van der Waals surface area contributed by atoms with Crippen molar-refractivity contribution >= 4 is 33.4 Å². The molecule has 0 aliphatic carbocycles. The molecule has 2 heterocycles. The van der Waals surface area contributed by atoms with Gasteiger partial charge in [-0.15, -0.1) is 0 Å². The third kappa shape index (κ3) is 2.49. The number of nitrogens with zero attached hydrogens (tertiary/aromatic N) is 3. The largest absolute Gasteiger partial charge is 0.378 e. The van der Waals surface area contributed by atoms with Gasteiger partial charge in [0.1, 0.15) is 6.61 Å². The van der Waals surface area contributed by atoms with Gasteiger partial charge in [0.2, 0.25) is 0 Å². The number of ether oxygens (including phenoxy) is 1. The zero-order chi connectivity index (χ0) is 14.2. The Hall–Kier alpha value is -1.06. The van der Waals surface area contributed by atoms with Crippen molar-refractivity contribution in [2.75, 3.05) is 20.0 Å². The SMILES string of the molecule is COCC(F)(F)c1nc2sc(SC)nc2c(=O)n1C. The Labute approximate surface area is 115 Å². The molecule has 2 aromatic heterocycles. The summed E-state index contributed by atoms with van der Waals surface area (Å²) >= 11 is 2.46. The Kier molecular flexibility index (Phi) is 3.88. The van der Waals surface area contributed by atoms with Crippen molar-refractivity contribution in [2.24, 2.45) is 7.05 Å². The van der Waals surface area contributed by atoms with E-state index in [9.17, 15) is 13.6 Å². The van der Waals surface area contributed by atoms with E-state index < -0.39 is 23.9 Å². The first-order valence-electron chi connectivity index (χ1n) is 5.19. The van der Waals surface area contributed by atoms with Crippen LogP contribution in [-0.4, -0.2) is 34.5 Å². The molecule has 0 bridgehead atoms. The van der Waals surface area contributed by atoms with Gasteiger partial charge < -0.3 is 4.74 Å². The molecule has 0 N–H and O–H groups in total. The molecular formula is C10H11F2N3O2S2. The number of halogens is 2. The average Bonchev–Trinajstić information content (AvgIpc) is 2.77. The van der Waals surface area contributed by atoms with Crippen molar-refractivity contribution in [3.05, 3.63) is 16.2 Å². The highest BCUT2D eigenvalue weighted by Gasteiger charge is 2.37. The Morgan fingerprint density at radius 3 is 2.74 bits per heavy atom. The fraction of sp³-hybridized carbons (Fsp3) is 0.500. The van der Waals surface area contributed by atoms with E-state index in [1.807, 2.05) is 0 Å². The summed E-state index contributed by atoms with van der Waals surface area (Å²) in [5.41, 5.74) is -0.457. The predicted molar refractivity (Wildman–Crippen MR) is 70.2 cm³/mol. The van der Waals surface area contributed by atoms with E-state index in [4.69, 9.17) is 0 Å². The second-order valence-electron chi connectivity index (χ2n) is 3.77. The van der Waals surface area contributed by atoms with Gasteiger partial charge >= 0.3 is 5.92 Å². The van der Waals surface area contributed by atoms with Crippen LogP contribution in [0.5, 0.6) is 0 Å². The minimum atomic E-state index is -3.32. The summed E-state index contributed by atoms with van der Waals surface area (Å²) in [7, 11) is 2.43. The quantitative estimate of drug-likeness (QED) is 0.807. The zero-order valence-electron chi connectivity index (χ0n) is 10.4. The van der Waals surface area contributed by atoms with Crippen LogP contribution in [0.3, 0.4) is 0 Å². The van der Waals surface area contributed by atoms with E-state index in [-0.39, 0.29) is 10.3 Å². The maximum Gasteiger partial charge on any atom is 0.327 e. The number of methoxy groups -OCH3 is 1. The highest BCUT2D eigenvalue weighted by atomic mass is 32.2. The van der Waals surface area contributed by atoms with Crippen molar-refractivity contribution in [3.63, 3.8) is 0 Å². The van der Waals surface area contributed by atoms with Crippen LogP contribution in [0.2, 0.25) is 0 Å². The Morgan fingerprint density at radius 2 is 2.16 bits per heavy atom. The van der Waals surface area contributed by atoms with Gasteiger partial charge in [-0.3, -0.25) is 9.36 Å². The minimum Gasteiger partial charge on any atom is -0.378 e. The van der Waals surface area contributed by atoms with Gasteiger partial charge in [0.25, 0.3) is 5.56 Å². The molecule has 0 atom stereocenters. The molecule has 2 aromatic rings. The van der Waals surface area contributed by atoms with Crippen LogP contribution in [0.25, 0.3) is 10.3 Å². The maximum atomic E-state index is 13.8. The van der Waals surface area contributed by atoms with Crippen LogP contribution in [-0.2, 0) is 17.7 Å². The minimum absolute atomic E-state index is 0.119. The molecule has 0 radical (unpaired) electrons. The molecule has 0 unspecified atom stereocenters. The van der Waals surface area contributed by atoms with Crippen molar-refractivity contribution in [3.8, 4) is 0 Å². The second-order valence-corrected chi connectivity index (χ2v) is 5.81. The van der Waals surface area contributed by atoms with Gasteiger partial charge in [-0.25, -0.2) is 9.97 Å². The molecule has 9 heteroatoms. The topological polar surface area (TPSA) is 57.0 Å². The lowest BCUT2D eigenvalue weighted by molar-refractivity contribution is -0.0790. The van der Waals surface area contributed by atoms with Crippen molar-refractivity contribution < 1.29 is 13.5 Å². The predicted octanol–water partition coefficient (Wildman–Crippen LogP) is 1.85. The van der Waals surface area contributed by atoms with Crippen LogP contribution in [0.4, 0.5) is 8.78 Å². The first kappa shape index (κ1) is 14.4. The monoisotopic (exact) mass is 307 g/mol. The fourth-order valence-corrected chi connectivity index (χ4v) is 3.01. The van der Waals surface area contributed by atoms with Gasteiger partial charge in [0.05, 0.1) is 0 Å². The third-order valence-corrected chi connectivity index (χ3v) is 4.38. The number of hydrogen-bond acceptors (Lipinski definition) is 6. The average molecular weight is 307 g/mol. The molecule has 2 rings (SSSR count). The molecule has 0 spiro atoms. The molecule has 0 aromatic carbocycles. The lowest BCUT2D eigenvalue weighted by Gasteiger charge is -2.16. The van der Waals surface area contributed by atoms with E-state index in [0.717, 1.165) is 15.9 Å². The molecule has 104 valence electrons. The Balaban J connectivity index is 2.70. The highest BCUT2D eigenvalue weighted by molar-refractivity contribution is 8.00. The summed E-state index contributed by atoms with van der Waals surface area (Å²) in [6, 6.07) is 0. The summed E-state index contributed by atoms with van der Waals surface area (Å²) in [6.07, 6.45) is 1.79. The number of rotatable bonds is 4. The zero-order valence-corrected chi connectivity index (χ0v) is 12.1. The molecule has 0 aliphatic rings. The number of fused-ring (bicyclic) bond motifs is 1. The molecule has 19 heavy (non-hydrogen) atoms. The highest BCUT2D eigenvalue weighted by Crippen LogP contribution is 2.29. The van der Waals surface area contributed by atoms with E-state index >= 15 is 0 Å². The molecule has 0 aliphatic heterocycles. The molecule has 5 nitrogen and oxygen atoms in total. The van der Waals surface area contributed by atoms with E-state index in [1.165, 1.54) is 25.9 Å². The first-order chi connectivity index (χ1) is 8.90. The normalized spacial score (nSPS) is 12.3. The van der Waals surface area contributed by atoms with Crippen molar-refractivity contribution in [1.82, 2.24) is 14.5 Å². The van der Waals surface area contributed by atoms with Crippen molar-refractivity contribution in [1.29, 1.82) is 0 Å². The van der Waals surface area contributed by atoms with Crippen LogP contribution in [0.15, 0.2) is 9.13 Å². The van der Waals surface area contributed by atoms with Crippen LogP contribution in [0, 0.1) is 0 Å².